The largest absolute Gasteiger partial charge is 0.497 e. The minimum absolute atomic E-state index is 0.0297. The highest BCUT2D eigenvalue weighted by Gasteiger charge is 2.24. The van der Waals surface area contributed by atoms with E-state index in [1.54, 1.807) is 27.2 Å². The molecule has 1 aliphatic rings. The molecule has 9 heteroatoms. The Kier molecular flexibility index (Phi) is 6.83. The van der Waals surface area contributed by atoms with Crippen molar-refractivity contribution in [3.8, 4) is 17.0 Å². The molecule has 1 aliphatic carbocycles. The van der Waals surface area contributed by atoms with Crippen LogP contribution in [0.1, 0.15) is 42.6 Å². The summed E-state index contributed by atoms with van der Waals surface area (Å²) in [7, 11) is 1.65. The topological polar surface area (TPSA) is 101 Å². The molecular formula is C28H31N5O3S. The highest BCUT2D eigenvalue weighted by atomic mass is 32.2. The Morgan fingerprint density at radius 2 is 2.03 bits per heavy atom. The van der Waals surface area contributed by atoms with Crippen LogP contribution in [-0.2, 0) is 0 Å². The molecule has 3 N–H and O–H groups in total. The van der Waals surface area contributed by atoms with Gasteiger partial charge in [0, 0.05) is 28.6 Å². The van der Waals surface area contributed by atoms with Crippen molar-refractivity contribution in [1.29, 1.82) is 0 Å². The van der Waals surface area contributed by atoms with Crippen molar-refractivity contribution in [3.05, 3.63) is 65.9 Å². The van der Waals surface area contributed by atoms with E-state index in [1.165, 1.54) is 11.8 Å². The molecule has 0 radical (unpaired) electrons. The van der Waals surface area contributed by atoms with Crippen molar-refractivity contribution < 1.29 is 14.6 Å². The van der Waals surface area contributed by atoms with Gasteiger partial charge in [-0.2, -0.15) is 5.10 Å². The van der Waals surface area contributed by atoms with Crippen molar-refractivity contribution in [2.75, 3.05) is 19.0 Å². The van der Waals surface area contributed by atoms with Gasteiger partial charge < -0.3 is 20.5 Å². The molecule has 4 aromatic rings. The van der Waals surface area contributed by atoms with Crippen LogP contribution >= 0.6 is 11.8 Å². The Balaban J connectivity index is 1.53. The standard InChI is InChI=1S/C28H31N5O3S/c1-17-12-18(8-11-22(17)27(34)31-19-9-10-19)24-15-29-26-23(30-16-28(2,3)35)14-25(32-33(24)26)37-21-7-5-6-20(13-21)36-4/h5-8,11-15,19,30,35H,9-10,16H2,1-4H3,(H,31,34). The van der Waals surface area contributed by atoms with Crippen molar-refractivity contribution in [2.45, 2.75) is 55.2 Å². The maximum atomic E-state index is 12.6. The van der Waals surface area contributed by atoms with Gasteiger partial charge in [-0.05, 0) is 75.6 Å². The van der Waals surface area contributed by atoms with E-state index >= 15 is 0 Å². The maximum absolute atomic E-state index is 12.6. The summed E-state index contributed by atoms with van der Waals surface area (Å²) in [4.78, 5) is 18.2. The average Bonchev–Trinajstić information content (AvgIpc) is 3.57. The second-order valence-corrected chi connectivity index (χ2v) is 11.1. The minimum atomic E-state index is -0.899. The molecule has 0 saturated heterocycles. The molecule has 2 aromatic heterocycles. The molecule has 192 valence electrons. The summed E-state index contributed by atoms with van der Waals surface area (Å²) in [5, 5.41) is 22.3. The predicted octanol–water partition coefficient (Wildman–Crippen LogP) is 4.94. The first-order chi connectivity index (χ1) is 17.7. The average molecular weight is 518 g/mol. The number of imidazole rings is 1. The molecule has 0 spiro atoms. The predicted molar refractivity (Wildman–Crippen MR) is 146 cm³/mol. The first kappa shape index (κ1) is 25.1. The second-order valence-electron chi connectivity index (χ2n) is 10.00. The summed E-state index contributed by atoms with van der Waals surface area (Å²) in [5.41, 5.74) is 3.83. The SMILES string of the molecule is COc1cccc(Sc2cc(NCC(C)(C)O)c3ncc(-c4ccc(C(=O)NC5CC5)c(C)c4)n3n2)c1. The van der Waals surface area contributed by atoms with E-state index in [-0.39, 0.29) is 5.91 Å². The van der Waals surface area contributed by atoms with Gasteiger partial charge in [0.1, 0.15) is 10.8 Å². The third-order valence-corrected chi connectivity index (χ3v) is 7.00. The lowest BCUT2D eigenvalue weighted by Gasteiger charge is -2.19. The Hall–Kier alpha value is -3.56. The van der Waals surface area contributed by atoms with Gasteiger partial charge >= 0.3 is 0 Å². The fourth-order valence-electron chi connectivity index (χ4n) is 3.99. The number of anilines is 1. The number of hydrogen-bond acceptors (Lipinski definition) is 7. The van der Waals surface area contributed by atoms with Crippen LogP contribution < -0.4 is 15.4 Å². The third-order valence-electron chi connectivity index (χ3n) is 6.10. The summed E-state index contributed by atoms with van der Waals surface area (Å²) in [6.07, 6.45) is 3.89. The molecule has 0 unspecified atom stereocenters. The highest BCUT2D eigenvalue weighted by Crippen LogP contribution is 2.33. The van der Waals surface area contributed by atoms with Gasteiger partial charge in [-0.25, -0.2) is 9.50 Å². The molecular weight excluding hydrogens is 486 g/mol. The van der Waals surface area contributed by atoms with Crippen LogP contribution in [0, 0.1) is 6.92 Å². The molecule has 8 nitrogen and oxygen atoms in total. The number of aryl methyl sites for hydroxylation is 1. The van der Waals surface area contributed by atoms with E-state index in [0.717, 1.165) is 51.0 Å². The van der Waals surface area contributed by atoms with Crippen LogP contribution in [0.5, 0.6) is 5.75 Å². The summed E-state index contributed by atoms with van der Waals surface area (Å²) < 4.78 is 7.19. The van der Waals surface area contributed by atoms with Crippen molar-refractivity contribution >= 4 is 29.0 Å². The van der Waals surface area contributed by atoms with Crippen molar-refractivity contribution in [1.82, 2.24) is 19.9 Å². The number of nitrogens with zero attached hydrogens (tertiary/aromatic N) is 3. The van der Waals surface area contributed by atoms with Gasteiger partial charge in [0.05, 0.1) is 30.3 Å². The number of nitrogens with one attached hydrogen (secondary N) is 2. The summed E-state index contributed by atoms with van der Waals surface area (Å²) in [6, 6.07) is 15.9. The molecule has 1 saturated carbocycles. The van der Waals surface area contributed by atoms with Crippen LogP contribution in [0.2, 0.25) is 0 Å². The number of carbonyl (C=O) groups is 1. The first-order valence-electron chi connectivity index (χ1n) is 12.3. The van der Waals surface area contributed by atoms with Gasteiger partial charge in [0.25, 0.3) is 5.91 Å². The minimum Gasteiger partial charge on any atom is -0.497 e. The number of aliphatic hydroxyl groups is 1. The van der Waals surface area contributed by atoms with E-state index < -0.39 is 5.60 Å². The van der Waals surface area contributed by atoms with Gasteiger partial charge in [0.2, 0.25) is 0 Å². The lowest BCUT2D eigenvalue weighted by Crippen LogP contribution is -2.29. The number of rotatable bonds is 9. The number of hydrogen-bond donors (Lipinski definition) is 3. The third kappa shape index (κ3) is 5.89. The van der Waals surface area contributed by atoms with E-state index in [9.17, 15) is 9.90 Å². The Morgan fingerprint density at radius 1 is 1.22 bits per heavy atom. The molecule has 1 fully saturated rings. The Labute approximate surface area is 220 Å². The second kappa shape index (κ2) is 10.1. The summed E-state index contributed by atoms with van der Waals surface area (Å²) >= 11 is 1.51. The quantitative estimate of drug-likeness (QED) is 0.289. The fourth-order valence-corrected chi connectivity index (χ4v) is 4.85. The van der Waals surface area contributed by atoms with Crippen LogP contribution in [0.25, 0.3) is 16.9 Å². The summed E-state index contributed by atoms with van der Waals surface area (Å²) in [6.45, 7) is 5.81. The zero-order chi connectivity index (χ0) is 26.2. The van der Waals surface area contributed by atoms with E-state index in [0.29, 0.717) is 23.8 Å². The molecule has 2 aromatic carbocycles. The molecule has 2 heterocycles. The number of methoxy groups -OCH3 is 1. The van der Waals surface area contributed by atoms with E-state index in [4.69, 9.17) is 9.84 Å². The van der Waals surface area contributed by atoms with E-state index in [1.807, 2.05) is 60.0 Å². The van der Waals surface area contributed by atoms with Crippen LogP contribution in [0.4, 0.5) is 5.69 Å². The maximum Gasteiger partial charge on any atom is 0.251 e. The van der Waals surface area contributed by atoms with Crippen molar-refractivity contribution in [3.63, 3.8) is 0 Å². The summed E-state index contributed by atoms with van der Waals surface area (Å²) in [5.74, 6) is 0.744. The Bertz CT molecular complexity index is 1460. The van der Waals surface area contributed by atoms with Crippen LogP contribution in [0.15, 0.2) is 64.6 Å². The van der Waals surface area contributed by atoms with Crippen LogP contribution in [-0.4, -0.2) is 50.9 Å². The lowest BCUT2D eigenvalue weighted by atomic mass is 10.0. The monoisotopic (exact) mass is 517 g/mol. The number of carbonyl (C=O) groups excluding carboxylic acids is 1. The molecule has 37 heavy (non-hydrogen) atoms. The number of ether oxygens (including phenoxy) is 1. The zero-order valence-electron chi connectivity index (χ0n) is 21.4. The van der Waals surface area contributed by atoms with Gasteiger partial charge in [-0.3, -0.25) is 4.79 Å². The number of fused-ring (bicyclic) bond motifs is 1. The van der Waals surface area contributed by atoms with E-state index in [2.05, 4.69) is 15.6 Å². The molecule has 0 aliphatic heterocycles. The number of benzene rings is 2. The first-order valence-corrected chi connectivity index (χ1v) is 13.1. The number of amides is 1. The fraction of sp³-hybridized carbons (Fsp3) is 0.321. The Morgan fingerprint density at radius 3 is 2.73 bits per heavy atom. The normalized spacial score (nSPS) is 13.5. The molecule has 1 amide bonds. The smallest absolute Gasteiger partial charge is 0.251 e. The lowest BCUT2D eigenvalue weighted by molar-refractivity contribution is 0.0940. The van der Waals surface area contributed by atoms with Gasteiger partial charge in [-0.1, -0.05) is 23.9 Å². The van der Waals surface area contributed by atoms with Crippen molar-refractivity contribution in [2.24, 2.45) is 0 Å². The molecule has 0 bridgehead atoms. The van der Waals surface area contributed by atoms with Gasteiger partial charge in [0.15, 0.2) is 5.65 Å². The van der Waals surface area contributed by atoms with Gasteiger partial charge in [-0.15, -0.1) is 0 Å². The van der Waals surface area contributed by atoms with Crippen LogP contribution in [0.3, 0.4) is 0 Å². The molecule has 5 rings (SSSR count). The number of aromatic nitrogens is 3. The zero-order valence-corrected chi connectivity index (χ0v) is 22.2. The molecule has 0 atom stereocenters. The highest BCUT2D eigenvalue weighted by molar-refractivity contribution is 7.99.